The fourth-order valence-electron chi connectivity index (χ4n) is 5.38. The summed E-state index contributed by atoms with van der Waals surface area (Å²) in [7, 11) is 0. The van der Waals surface area contributed by atoms with Crippen LogP contribution in [-0.2, 0) is 4.74 Å². The van der Waals surface area contributed by atoms with Crippen molar-refractivity contribution in [3.05, 3.63) is 18.6 Å². The molecule has 0 bridgehead atoms. The summed E-state index contributed by atoms with van der Waals surface area (Å²) in [5.41, 5.74) is 7.34. The van der Waals surface area contributed by atoms with Crippen LogP contribution in [0.5, 0.6) is 0 Å². The molecular formula is C20H30N6O. The van der Waals surface area contributed by atoms with Gasteiger partial charge in [0, 0.05) is 25.8 Å². The largest absolute Gasteiger partial charge is 0.383 e. The predicted octanol–water partition coefficient (Wildman–Crippen LogP) is 2.16. The topological polar surface area (TPSA) is 81.2 Å². The van der Waals surface area contributed by atoms with Gasteiger partial charge < -0.3 is 25.3 Å². The summed E-state index contributed by atoms with van der Waals surface area (Å²) in [5.74, 6) is 0.535. The summed E-state index contributed by atoms with van der Waals surface area (Å²) < 4.78 is 8.56. The third kappa shape index (κ3) is 3.32. The second-order valence-corrected chi connectivity index (χ2v) is 8.63. The number of nitrogens with one attached hydrogen (secondary N) is 1. The number of hydrogen-bond donors (Lipinski definition) is 2. The molecule has 5 heterocycles. The molecule has 2 aromatic rings. The maximum absolute atomic E-state index is 6.44. The van der Waals surface area contributed by atoms with Crippen LogP contribution in [0.4, 0.5) is 5.82 Å². The predicted molar refractivity (Wildman–Crippen MR) is 105 cm³/mol. The van der Waals surface area contributed by atoms with E-state index in [0.29, 0.717) is 17.3 Å². The number of rotatable bonds is 3. The van der Waals surface area contributed by atoms with Crippen molar-refractivity contribution in [1.82, 2.24) is 24.8 Å². The van der Waals surface area contributed by atoms with E-state index in [2.05, 4.69) is 24.8 Å². The third-order valence-corrected chi connectivity index (χ3v) is 6.70. The zero-order valence-electron chi connectivity index (χ0n) is 15.9. The van der Waals surface area contributed by atoms with Gasteiger partial charge in [-0.25, -0.2) is 9.97 Å². The van der Waals surface area contributed by atoms with E-state index in [1.54, 1.807) is 0 Å². The number of nitrogen functional groups attached to an aromatic ring is 1. The van der Waals surface area contributed by atoms with Gasteiger partial charge in [-0.15, -0.1) is 0 Å². The lowest BCUT2D eigenvalue weighted by molar-refractivity contribution is -0.0273. The maximum Gasteiger partial charge on any atom is 0.147 e. The van der Waals surface area contributed by atoms with E-state index in [1.165, 1.54) is 58.2 Å². The third-order valence-electron chi connectivity index (χ3n) is 6.70. The summed E-state index contributed by atoms with van der Waals surface area (Å²) in [6.45, 7) is 5.86. The van der Waals surface area contributed by atoms with E-state index in [4.69, 9.17) is 10.5 Å². The highest BCUT2D eigenvalue weighted by molar-refractivity contribution is 5.86. The molecule has 7 heteroatoms. The van der Waals surface area contributed by atoms with Gasteiger partial charge in [0.05, 0.1) is 11.5 Å². The fraction of sp³-hybridized carbons (Fsp3) is 0.700. The molecule has 0 aromatic carbocycles. The molecule has 7 nitrogen and oxygen atoms in total. The van der Waals surface area contributed by atoms with E-state index in [-0.39, 0.29) is 6.23 Å². The first-order chi connectivity index (χ1) is 13.2. The van der Waals surface area contributed by atoms with E-state index in [0.717, 1.165) is 30.4 Å². The van der Waals surface area contributed by atoms with Crippen molar-refractivity contribution in [2.24, 2.45) is 5.41 Å². The second-order valence-electron chi connectivity index (χ2n) is 8.63. The number of likely N-dealkylation sites (tertiary alicyclic amines) is 1. The molecule has 3 saturated heterocycles. The Balaban J connectivity index is 1.24. The molecule has 0 aliphatic carbocycles. The van der Waals surface area contributed by atoms with E-state index in [1.807, 2.05) is 12.3 Å². The summed E-state index contributed by atoms with van der Waals surface area (Å²) in [6.07, 6.45) is 11.4. The minimum absolute atomic E-state index is 0.0527. The van der Waals surface area contributed by atoms with Gasteiger partial charge in [0.1, 0.15) is 24.0 Å². The smallest absolute Gasteiger partial charge is 0.147 e. The van der Waals surface area contributed by atoms with Gasteiger partial charge >= 0.3 is 0 Å². The number of piperidine rings is 2. The quantitative estimate of drug-likeness (QED) is 0.862. The Morgan fingerprint density at radius 3 is 3.07 bits per heavy atom. The summed E-state index contributed by atoms with van der Waals surface area (Å²) in [4.78, 5) is 11.2. The van der Waals surface area contributed by atoms with E-state index >= 15 is 0 Å². The molecule has 3 atom stereocenters. The Bertz CT molecular complexity index is 793. The summed E-state index contributed by atoms with van der Waals surface area (Å²) >= 11 is 0. The van der Waals surface area contributed by atoms with Crippen LogP contribution in [0.2, 0.25) is 0 Å². The lowest BCUT2D eigenvalue weighted by Gasteiger charge is -2.46. The number of hydrogen-bond acceptors (Lipinski definition) is 6. The molecule has 3 aliphatic rings. The van der Waals surface area contributed by atoms with Crippen LogP contribution in [0, 0.1) is 5.41 Å². The molecule has 0 radical (unpaired) electrons. The van der Waals surface area contributed by atoms with Crippen LogP contribution in [-0.4, -0.2) is 58.3 Å². The van der Waals surface area contributed by atoms with Crippen LogP contribution in [0.3, 0.4) is 0 Å². The Kier molecular flexibility index (Phi) is 4.53. The van der Waals surface area contributed by atoms with Crippen molar-refractivity contribution in [2.75, 3.05) is 38.5 Å². The van der Waals surface area contributed by atoms with Crippen molar-refractivity contribution in [2.45, 2.75) is 50.9 Å². The lowest BCUT2D eigenvalue weighted by atomic mass is 9.74. The number of aromatic nitrogens is 3. The highest BCUT2D eigenvalue weighted by Gasteiger charge is 2.38. The normalized spacial score (nSPS) is 32.4. The first kappa shape index (κ1) is 17.4. The molecule has 0 amide bonds. The SMILES string of the molecule is Nc1ncnc2c1ccn2[C@H]1CC[C@@H](CN2CCCC3(CCCNC3)C2)O1. The molecule has 2 aromatic heterocycles. The van der Waals surface area contributed by atoms with Gasteiger partial charge in [0.25, 0.3) is 0 Å². The first-order valence-electron chi connectivity index (χ1n) is 10.4. The van der Waals surface area contributed by atoms with Crippen molar-refractivity contribution in [1.29, 1.82) is 0 Å². The van der Waals surface area contributed by atoms with Gasteiger partial charge in [-0.2, -0.15) is 0 Å². The molecule has 1 unspecified atom stereocenters. The number of fused-ring (bicyclic) bond motifs is 1. The van der Waals surface area contributed by atoms with Crippen LogP contribution >= 0.6 is 0 Å². The van der Waals surface area contributed by atoms with Crippen molar-refractivity contribution < 1.29 is 4.74 Å². The first-order valence-corrected chi connectivity index (χ1v) is 10.4. The van der Waals surface area contributed by atoms with E-state index in [9.17, 15) is 0 Å². The molecule has 0 saturated carbocycles. The van der Waals surface area contributed by atoms with Crippen LogP contribution in [0.1, 0.15) is 44.8 Å². The van der Waals surface area contributed by atoms with Gasteiger partial charge in [0.15, 0.2) is 0 Å². The van der Waals surface area contributed by atoms with Gasteiger partial charge in [0.2, 0.25) is 0 Å². The monoisotopic (exact) mass is 370 g/mol. The average molecular weight is 371 g/mol. The number of anilines is 1. The van der Waals surface area contributed by atoms with Crippen LogP contribution in [0.25, 0.3) is 11.0 Å². The summed E-state index contributed by atoms with van der Waals surface area (Å²) in [5, 5.41) is 4.53. The Hall–Kier alpha value is -1.70. The van der Waals surface area contributed by atoms with Gasteiger partial charge in [-0.3, -0.25) is 0 Å². The minimum Gasteiger partial charge on any atom is -0.383 e. The highest BCUT2D eigenvalue weighted by atomic mass is 16.5. The van der Waals surface area contributed by atoms with Crippen molar-refractivity contribution >= 4 is 16.9 Å². The fourth-order valence-corrected chi connectivity index (χ4v) is 5.38. The Morgan fingerprint density at radius 2 is 2.19 bits per heavy atom. The molecule has 3 aliphatic heterocycles. The van der Waals surface area contributed by atoms with Gasteiger partial charge in [-0.1, -0.05) is 0 Å². The molecule has 3 N–H and O–H groups in total. The number of ether oxygens (including phenoxy) is 1. The zero-order chi connectivity index (χ0) is 18.3. The summed E-state index contributed by atoms with van der Waals surface area (Å²) in [6, 6.07) is 1.99. The molecule has 1 spiro atoms. The van der Waals surface area contributed by atoms with E-state index < -0.39 is 0 Å². The molecule has 3 fully saturated rings. The zero-order valence-corrected chi connectivity index (χ0v) is 15.9. The molecule has 27 heavy (non-hydrogen) atoms. The molecule has 5 rings (SSSR count). The number of nitrogens with two attached hydrogens (primary N) is 1. The van der Waals surface area contributed by atoms with Crippen molar-refractivity contribution in [3.8, 4) is 0 Å². The maximum atomic E-state index is 6.44. The number of nitrogens with zero attached hydrogens (tertiary/aromatic N) is 4. The van der Waals surface area contributed by atoms with Crippen molar-refractivity contribution in [3.63, 3.8) is 0 Å². The van der Waals surface area contributed by atoms with Crippen LogP contribution in [0.15, 0.2) is 18.6 Å². The molecule has 146 valence electrons. The average Bonchev–Trinajstić information content (AvgIpc) is 3.30. The highest BCUT2D eigenvalue weighted by Crippen LogP contribution is 2.37. The second kappa shape index (κ2) is 7.04. The Labute approximate surface area is 160 Å². The lowest BCUT2D eigenvalue weighted by Crippen LogP contribution is -2.52. The Morgan fingerprint density at radius 1 is 1.26 bits per heavy atom. The van der Waals surface area contributed by atoms with Gasteiger partial charge in [-0.05, 0) is 63.1 Å². The molecular weight excluding hydrogens is 340 g/mol. The standard InChI is InChI=1S/C20H30N6O/c21-18-16-5-10-26(19(16)24-14-23-18)17-4-3-15(27-17)11-25-9-2-7-20(13-25)6-1-8-22-12-20/h5,10,14-15,17,22H,1-4,6-9,11-13H2,(H2,21,23,24)/t15-,17+,20?/m0/s1. The minimum atomic E-state index is 0.0527. The van der Waals surface area contributed by atoms with Crippen LogP contribution < -0.4 is 11.1 Å².